The molecule has 24 heavy (non-hydrogen) atoms. The summed E-state index contributed by atoms with van der Waals surface area (Å²) in [5.41, 5.74) is 0.833. The van der Waals surface area contributed by atoms with E-state index in [0.29, 0.717) is 32.2 Å². The second-order valence-electron chi connectivity index (χ2n) is 4.75. The molecule has 0 atom stereocenters. The average Bonchev–Trinajstić information content (AvgIpc) is 2.51. The van der Waals surface area contributed by atoms with Crippen LogP contribution >= 0.6 is 34.8 Å². The van der Waals surface area contributed by atoms with Crippen LogP contribution in [0.1, 0.15) is 6.42 Å². The van der Waals surface area contributed by atoms with Crippen LogP contribution in [0.5, 0.6) is 5.75 Å². The molecule has 0 radical (unpaired) electrons. The summed E-state index contributed by atoms with van der Waals surface area (Å²) in [6.45, 7) is 0. The summed E-state index contributed by atoms with van der Waals surface area (Å²) in [7, 11) is 1.47. The molecule has 2 amide bonds. The van der Waals surface area contributed by atoms with Gasteiger partial charge in [-0.2, -0.15) is 0 Å². The smallest absolute Gasteiger partial charge is 0.233 e. The van der Waals surface area contributed by atoms with Gasteiger partial charge in [0, 0.05) is 10.7 Å². The molecule has 0 aliphatic rings. The molecule has 0 bridgehead atoms. The van der Waals surface area contributed by atoms with Gasteiger partial charge in [0.15, 0.2) is 0 Å². The van der Waals surface area contributed by atoms with E-state index >= 15 is 0 Å². The van der Waals surface area contributed by atoms with Crippen LogP contribution in [0.25, 0.3) is 0 Å². The fourth-order valence-corrected chi connectivity index (χ4v) is 2.37. The predicted octanol–water partition coefficient (Wildman–Crippen LogP) is 4.62. The molecule has 0 heterocycles. The lowest BCUT2D eigenvalue weighted by Crippen LogP contribution is -2.21. The van der Waals surface area contributed by atoms with Crippen LogP contribution in [-0.2, 0) is 9.59 Å². The monoisotopic (exact) mass is 386 g/mol. The zero-order valence-electron chi connectivity index (χ0n) is 12.5. The lowest BCUT2D eigenvalue weighted by atomic mass is 10.2. The third-order valence-electron chi connectivity index (χ3n) is 2.96. The Morgan fingerprint density at radius 1 is 0.958 bits per heavy atom. The molecule has 0 saturated carbocycles. The fourth-order valence-electron chi connectivity index (χ4n) is 1.90. The number of rotatable bonds is 5. The molecule has 5 nitrogen and oxygen atoms in total. The molecular weight excluding hydrogens is 375 g/mol. The van der Waals surface area contributed by atoms with E-state index in [4.69, 9.17) is 39.5 Å². The van der Waals surface area contributed by atoms with Crippen molar-refractivity contribution in [2.75, 3.05) is 17.7 Å². The Hall–Kier alpha value is -1.95. The van der Waals surface area contributed by atoms with Crippen LogP contribution in [-0.4, -0.2) is 18.9 Å². The Labute approximate surface area is 153 Å². The molecule has 2 aromatic rings. The number of hydrogen-bond acceptors (Lipinski definition) is 3. The lowest BCUT2D eigenvalue weighted by Gasteiger charge is -2.11. The van der Waals surface area contributed by atoms with Crippen LogP contribution < -0.4 is 15.4 Å². The molecule has 2 rings (SSSR count). The largest absolute Gasteiger partial charge is 0.495 e. The van der Waals surface area contributed by atoms with Crippen LogP contribution in [0.15, 0.2) is 36.4 Å². The first kappa shape index (κ1) is 18.4. The third kappa shape index (κ3) is 5.03. The number of carbonyl (C=O) groups is 2. The van der Waals surface area contributed by atoms with Crippen molar-refractivity contribution in [3.05, 3.63) is 51.5 Å². The van der Waals surface area contributed by atoms with Crippen molar-refractivity contribution >= 4 is 58.0 Å². The summed E-state index contributed by atoms with van der Waals surface area (Å²) in [5.74, 6) is -0.558. The second-order valence-corrected chi connectivity index (χ2v) is 6.00. The van der Waals surface area contributed by atoms with Crippen molar-refractivity contribution in [3.63, 3.8) is 0 Å². The molecule has 0 aliphatic heterocycles. The number of halogens is 3. The SMILES string of the molecule is COc1ccc(Cl)cc1NC(=O)CC(=O)Nc1ccc(Cl)c(Cl)c1. The first-order valence-corrected chi connectivity index (χ1v) is 7.90. The highest BCUT2D eigenvalue weighted by Crippen LogP contribution is 2.28. The van der Waals surface area contributed by atoms with Gasteiger partial charge in [0.2, 0.25) is 11.8 Å². The van der Waals surface area contributed by atoms with Crippen LogP contribution in [0.2, 0.25) is 15.1 Å². The Kier molecular flexibility index (Phi) is 6.31. The van der Waals surface area contributed by atoms with Gasteiger partial charge in [0.1, 0.15) is 12.2 Å². The second kappa shape index (κ2) is 8.24. The first-order valence-electron chi connectivity index (χ1n) is 6.77. The van der Waals surface area contributed by atoms with E-state index in [9.17, 15) is 9.59 Å². The quantitative estimate of drug-likeness (QED) is 0.735. The summed E-state index contributed by atoms with van der Waals surface area (Å²) in [5, 5.41) is 6.27. The molecule has 0 spiro atoms. The number of anilines is 2. The molecule has 0 saturated heterocycles. The van der Waals surface area contributed by atoms with Crippen LogP contribution in [0.3, 0.4) is 0 Å². The molecule has 8 heteroatoms. The van der Waals surface area contributed by atoms with Gasteiger partial charge in [-0.25, -0.2) is 0 Å². The van der Waals surface area contributed by atoms with Crippen LogP contribution in [0, 0.1) is 0 Å². The van der Waals surface area contributed by atoms with Crippen molar-refractivity contribution in [2.45, 2.75) is 6.42 Å². The minimum absolute atomic E-state index is 0.308. The Balaban J connectivity index is 1.98. The summed E-state index contributed by atoms with van der Waals surface area (Å²) in [4.78, 5) is 23.9. The molecule has 0 unspecified atom stereocenters. The molecule has 126 valence electrons. The maximum Gasteiger partial charge on any atom is 0.233 e. The summed E-state index contributed by atoms with van der Waals surface area (Å²) in [6, 6.07) is 9.43. The lowest BCUT2D eigenvalue weighted by molar-refractivity contribution is -0.123. The Morgan fingerprint density at radius 3 is 2.33 bits per heavy atom. The van der Waals surface area contributed by atoms with Gasteiger partial charge in [-0.3, -0.25) is 9.59 Å². The van der Waals surface area contributed by atoms with Crippen molar-refractivity contribution in [3.8, 4) is 5.75 Å². The van der Waals surface area contributed by atoms with Gasteiger partial charge < -0.3 is 15.4 Å². The maximum atomic E-state index is 12.0. The van der Waals surface area contributed by atoms with Gasteiger partial charge in [-0.1, -0.05) is 34.8 Å². The van der Waals surface area contributed by atoms with Crippen molar-refractivity contribution < 1.29 is 14.3 Å². The number of carbonyl (C=O) groups excluding carboxylic acids is 2. The highest BCUT2D eigenvalue weighted by atomic mass is 35.5. The van der Waals surface area contributed by atoms with Crippen molar-refractivity contribution in [1.82, 2.24) is 0 Å². The van der Waals surface area contributed by atoms with Gasteiger partial charge in [-0.15, -0.1) is 0 Å². The first-order chi connectivity index (χ1) is 11.4. The van der Waals surface area contributed by atoms with Gasteiger partial charge in [-0.05, 0) is 36.4 Å². The normalized spacial score (nSPS) is 10.2. The Bertz CT molecular complexity index is 781. The van der Waals surface area contributed by atoms with E-state index in [-0.39, 0.29) is 6.42 Å². The number of benzene rings is 2. The zero-order valence-corrected chi connectivity index (χ0v) is 14.8. The molecule has 0 aromatic heterocycles. The van der Waals surface area contributed by atoms with Gasteiger partial charge in [0.25, 0.3) is 0 Å². The summed E-state index contributed by atoms with van der Waals surface area (Å²) < 4.78 is 5.13. The maximum absolute atomic E-state index is 12.0. The van der Waals surface area contributed by atoms with E-state index in [1.807, 2.05) is 0 Å². The molecule has 2 N–H and O–H groups in total. The van der Waals surface area contributed by atoms with Gasteiger partial charge in [0.05, 0.1) is 22.8 Å². The molecule has 2 aromatic carbocycles. The van der Waals surface area contributed by atoms with E-state index in [0.717, 1.165) is 0 Å². The minimum atomic E-state index is -0.506. The van der Waals surface area contributed by atoms with Gasteiger partial charge >= 0.3 is 0 Å². The molecular formula is C16H13Cl3N2O3. The van der Waals surface area contributed by atoms with E-state index < -0.39 is 11.8 Å². The zero-order chi connectivity index (χ0) is 17.7. The van der Waals surface area contributed by atoms with E-state index in [1.54, 1.807) is 24.3 Å². The van der Waals surface area contributed by atoms with E-state index in [2.05, 4.69) is 10.6 Å². The standard InChI is InChI=1S/C16H13Cl3N2O3/c1-24-14-5-2-9(17)6-13(14)21-16(23)8-15(22)20-10-3-4-11(18)12(19)7-10/h2-7H,8H2,1H3,(H,20,22)(H,21,23). The third-order valence-corrected chi connectivity index (χ3v) is 3.93. The summed E-state index contributed by atoms with van der Waals surface area (Å²) >= 11 is 17.6. The number of hydrogen-bond donors (Lipinski definition) is 2. The average molecular weight is 388 g/mol. The number of nitrogens with one attached hydrogen (secondary N) is 2. The summed E-state index contributed by atoms with van der Waals surface area (Å²) in [6.07, 6.45) is -0.379. The number of ether oxygens (including phenoxy) is 1. The molecule has 0 fully saturated rings. The minimum Gasteiger partial charge on any atom is -0.495 e. The van der Waals surface area contributed by atoms with Crippen molar-refractivity contribution in [2.24, 2.45) is 0 Å². The number of amides is 2. The molecule has 0 aliphatic carbocycles. The highest BCUT2D eigenvalue weighted by molar-refractivity contribution is 6.42. The van der Waals surface area contributed by atoms with E-state index in [1.165, 1.54) is 19.2 Å². The highest BCUT2D eigenvalue weighted by Gasteiger charge is 2.13. The van der Waals surface area contributed by atoms with Crippen LogP contribution in [0.4, 0.5) is 11.4 Å². The topological polar surface area (TPSA) is 67.4 Å². The predicted molar refractivity (Wildman–Crippen MR) is 96.3 cm³/mol. The Morgan fingerprint density at radius 2 is 1.67 bits per heavy atom. The number of methoxy groups -OCH3 is 1. The fraction of sp³-hybridized carbons (Fsp3) is 0.125. The van der Waals surface area contributed by atoms with Crippen molar-refractivity contribution in [1.29, 1.82) is 0 Å².